The van der Waals surface area contributed by atoms with E-state index in [0.29, 0.717) is 26.1 Å². The van der Waals surface area contributed by atoms with Crippen LogP contribution in [0.5, 0.6) is 0 Å². The van der Waals surface area contributed by atoms with Crippen LogP contribution in [-0.2, 0) is 14.3 Å². The number of carbonyl (C=O) groups excluding carboxylic acids is 2. The predicted octanol–water partition coefficient (Wildman–Crippen LogP) is -0.180. The van der Waals surface area contributed by atoms with Gasteiger partial charge in [-0.15, -0.1) is 0 Å². The Kier molecular flexibility index (Phi) is 5.31. The fourth-order valence-electron chi connectivity index (χ4n) is 2.37. The summed E-state index contributed by atoms with van der Waals surface area (Å²) in [6.45, 7) is 5.21. The van der Waals surface area contributed by atoms with E-state index in [1.54, 1.807) is 37.8 Å². The van der Waals surface area contributed by atoms with Crippen molar-refractivity contribution in [2.75, 3.05) is 33.9 Å². The van der Waals surface area contributed by atoms with E-state index in [-0.39, 0.29) is 11.8 Å². The van der Waals surface area contributed by atoms with Crippen molar-refractivity contribution in [1.29, 1.82) is 0 Å². The van der Waals surface area contributed by atoms with E-state index < -0.39 is 11.6 Å². The molecule has 19 heavy (non-hydrogen) atoms. The van der Waals surface area contributed by atoms with E-state index in [4.69, 9.17) is 10.5 Å². The molecule has 1 atom stereocenters. The quantitative estimate of drug-likeness (QED) is 0.704. The summed E-state index contributed by atoms with van der Waals surface area (Å²) < 4.78 is 4.95. The molecule has 1 rings (SSSR count). The van der Waals surface area contributed by atoms with Crippen molar-refractivity contribution in [1.82, 2.24) is 9.80 Å². The highest BCUT2D eigenvalue weighted by Gasteiger charge is 2.43. The van der Waals surface area contributed by atoms with Gasteiger partial charge >= 0.3 is 0 Å². The van der Waals surface area contributed by atoms with Crippen LogP contribution in [0.25, 0.3) is 0 Å². The van der Waals surface area contributed by atoms with Gasteiger partial charge in [-0.3, -0.25) is 9.59 Å². The number of nitrogens with zero attached hydrogens (tertiary/aromatic N) is 2. The second kappa shape index (κ2) is 6.34. The smallest absolute Gasteiger partial charge is 0.247 e. The van der Waals surface area contributed by atoms with Crippen molar-refractivity contribution in [2.24, 2.45) is 5.73 Å². The van der Waals surface area contributed by atoms with Gasteiger partial charge in [0.15, 0.2) is 0 Å². The monoisotopic (exact) mass is 271 g/mol. The molecule has 0 bridgehead atoms. The maximum Gasteiger partial charge on any atom is 0.247 e. The van der Waals surface area contributed by atoms with Crippen molar-refractivity contribution < 1.29 is 14.3 Å². The third-order valence-corrected chi connectivity index (χ3v) is 3.65. The lowest BCUT2D eigenvalue weighted by Gasteiger charge is -2.45. The molecule has 0 saturated carbocycles. The molecule has 1 aliphatic rings. The number of hydrogen-bond acceptors (Lipinski definition) is 4. The minimum absolute atomic E-state index is 0.0452. The molecule has 1 heterocycles. The van der Waals surface area contributed by atoms with Crippen molar-refractivity contribution in [3.63, 3.8) is 0 Å². The van der Waals surface area contributed by atoms with Crippen molar-refractivity contribution >= 4 is 11.8 Å². The van der Waals surface area contributed by atoms with Crippen molar-refractivity contribution in [3.8, 4) is 0 Å². The normalized spacial score (nSPS) is 20.6. The van der Waals surface area contributed by atoms with Crippen molar-refractivity contribution in [3.05, 3.63) is 0 Å². The zero-order valence-electron chi connectivity index (χ0n) is 12.3. The first kappa shape index (κ1) is 15.9. The highest BCUT2D eigenvalue weighted by molar-refractivity contribution is 5.93. The van der Waals surface area contributed by atoms with Crippen LogP contribution < -0.4 is 5.73 Å². The highest BCUT2D eigenvalue weighted by Crippen LogP contribution is 2.22. The Morgan fingerprint density at radius 2 is 2.11 bits per heavy atom. The standard InChI is InChI=1S/C13H25N3O3/c1-13(2)12(18)15(3)7-8-16(13)11(17)10(14)6-5-9-19-4/h10H,5-9,14H2,1-4H3. The van der Waals surface area contributed by atoms with Gasteiger partial charge < -0.3 is 20.3 Å². The van der Waals surface area contributed by atoms with Crippen LogP contribution in [0.4, 0.5) is 0 Å². The fourth-order valence-corrected chi connectivity index (χ4v) is 2.37. The van der Waals surface area contributed by atoms with Gasteiger partial charge in [0.2, 0.25) is 11.8 Å². The van der Waals surface area contributed by atoms with E-state index in [9.17, 15) is 9.59 Å². The molecular weight excluding hydrogens is 246 g/mol. The molecule has 1 aliphatic heterocycles. The van der Waals surface area contributed by atoms with Crippen LogP contribution in [0.2, 0.25) is 0 Å². The molecule has 1 unspecified atom stereocenters. The molecule has 6 heteroatoms. The lowest BCUT2D eigenvalue weighted by molar-refractivity contribution is -0.158. The first-order valence-electron chi connectivity index (χ1n) is 6.64. The number of carbonyl (C=O) groups is 2. The third-order valence-electron chi connectivity index (χ3n) is 3.65. The van der Waals surface area contributed by atoms with Gasteiger partial charge in [-0.1, -0.05) is 0 Å². The first-order chi connectivity index (χ1) is 8.82. The summed E-state index contributed by atoms with van der Waals surface area (Å²) >= 11 is 0. The SMILES string of the molecule is COCCCC(N)C(=O)N1CCN(C)C(=O)C1(C)C. The molecule has 0 aromatic heterocycles. The second-order valence-electron chi connectivity index (χ2n) is 5.52. The zero-order chi connectivity index (χ0) is 14.6. The third kappa shape index (κ3) is 3.45. The average Bonchev–Trinajstić information content (AvgIpc) is 2.35. The molecule has 0 radical (unpaired) electrons. The lowest BCUT2D eigenvalue weighted by Crippen LogP contribution is -2.65. The van der Waals surface area contributed by atoms with Crippen LogP contribution in [0.1, 0.15) is 26.7 Å². The molecule has 110 valence electrons. The minimum atomic E-state index is -0.817. The van der Waals surface area contributed by atoms with E-state index in [1.807, 2.05) is 0 Å². The zero-order valence-corrected chi connectivity index (χ0v) is 12.3. The van der Waals surface area contributed by atoms with Gasteiger partial charge in [0.25, 0.3) is 0 Å². The Labute approximate surface area is 114 Å². The maximum absolute atomic E-state index is 12.3. The van der Waals surface area contributed by atoms with Crippen molar-refractivity contribution in [2.45, 2.75) is 38.3 Å². The van der Waals surface area contributed by atoms with Gasteiger partial charge in [0.1, 0.15) is 5.54 Å². The van der Waals surface area contributed by atoms with Gasteiger partial charge in [-0.25, -0.2) is 0 Å². The number of hydrogen-bond donors (Lipinski definition) is 1. The molecule has 0 spiro atoms. The summed E-state index contributed by atoms with van der Waals surface area (Å²) in [6.07, 6.45) is 1.31. The fraction of sp³-hybridized carbons (Fsp3) is 0.846. The Balaban J connectivity index is 2.68. The minimum Gasteiger partial charge on any atom is -0.385 e. The summed E-state index contributed by atoms with van der Waals surface area (Å²) in [5.41, 5.74) is 5.10. The molecule has 1 saturated heterocycles. The van der Waals surface area contributed by atoms with Crippen LogP contribution in [0, 0.1) is 0 Å². The lowest BCUT2D eigenvalue weighted by atomic mass is 9.96. The Hall–Kier alpha value is -1.14. The average molecular weight is 271 g/mol. The van der Waals surface area contributed by atoms with Gasteiger partial charge in [-0.05, 0) is 26.7 Å². The summed E-state index contributed by atoms with van der Waals surface area (Å²) in [6, 6.07) is -0.564. The van der Waals surface area contributed by atoms with E-state index in [0.717, 1.165) is 6.42 Å². The molecular formula is C13H25N3O3. The highest BCUT2D eigenvalue weighted by atomic mass is 16.5. The van der Waals surface area contributed by atoms with Crippen LogP contribution in [-0.4, -0.2) is 67.0 Å². The number of amides is 2. The van der Waals surface area contributed by atoms with Crippen LogP contribution in [0.3, 0.4) is 0 Å². The number of rotatable bonds is 5. The van der Waals surface area contributed by atoms with E-state index in [1.165, 1.54) is 0 Å². The van der Waals surface area contributed by atoms with Gasteiger partial charge in [-0.2, -0.15) is 0 Å². The number of piperazine rings is 1. The Bertz CT molecular complexity index is 344. The van der Waals surface area contributed by atoms with Crippen LogP contribution in [0.15, 0.2) is 0 Å². The topological polar surface area (TPSA) is 75.9 Å². The molecule has 2 N–H and O–H groups in total. The first-order valence-corrected chi connectivity index (χ1v) is 6.64. The number of methoxy groups -OCH3 is 1. The largest absolute Gasteiger partial charge is 0.385 e. The summed E-state index contributed by atoms with van der Waals surface area (Å²) in [5, 5.41) is 0. The Morgan fingerprint density at radius 1 is 1.47 bits per heavy atom. The molecule has 0 aliphatic carbocycles. The molecule has 0 aromatic rings. The molecule has 0 aromatic carbocycles. The number of nitrogens with two attached hydrogens (primary N) is 1. The molecule has 6 nitrogen and oxygen atoms in total. The van der Waals surface area contributed by atoms with Crippen LogP contribution >= 0.6 is 0 Å². The molecule has 2 amide bonds. The number of likely N-dealkylation sites (N-methyl/N-ethyl adjacent to an activating group) is 1. The predicted molar refractivity (Wildman–Crippen MR) is 72.5 cm³/mol. The Morgan fingerprint density at radius 3 is 2.68 bits per heavy atom. The van der Waals surface area contributed by atoms with E-state index >= 15 is 0 Å². The van der Waals surface area contributed by atoms with Gasteiger partial charge in [0, 0.05) is 33.9 Å². The summed E-state index contributed by atoms with van der Waals surface area (Å²) in [7, 11) is 3.38. The van der Waals surface area contributed by atoms with E-state index in [2.05, 4.69) is 0 Å². The maximum atomic E-state index is 12.3. The van der Waals surface area contributed by atoms with Gasteiger partial charge in [0.05, 0.1) is 6.04 Å². The summed E-state index contributed by atoms with van der Waals surface area (Å²) in [5.74, 6) is -0.196. The summed E-state index contributed by atoms with van der Waals surface area (Å²) in [4.78, 5) is 27.7. The second-order valence-corrected chi connectivity index (χ2v) is 5.52. The number of ether oxygens (including phenoxy) is 1. The molecule has 1 fully saturated rings.